The van der Waals surface area contributed by atoms with Gasteiger partial charge in [-0.3, -0.25) is 4.89 Å². The first-order valence-electron chi connectivity index (χ1n) is 13.1. The Bertz CT molecular complexity index is 1250. The van der Waals surface area contributed by atoms with Crippen LogP contribution in [0.4, 0.5) is 0 Å². The van der Waals surface area contributed by atoms with Crippen molar-refractivity contribution in [2.75, 3.05) is 26.4 Å². The maximum absolute atomic E-state index is 12.2. The predicted octanol–water partition coefficient (Wildman–Crippen LogP) is 6.53. The van der Waals surface area contributed by atoms with Crippen LogP contribution in [0.5, 0.6) is 11.5 Å². The van der Waals surface area contributed by atoms with E-state index >= 15 is 0 Å². The molecule has 3 aromatic carbocycles. The summed E-state index contributed by atoms with van der Waals surface area (Å²) in [6.45, 7) is 4.89. The first kappa shape index (κ1) is 29.2. The van der Waals surface area contributed by atoms with Gasteiger partial charge in [0.25, 0.3) is 0 Å². The largest absolute Gasteiger partial charge is 0.494 e. The first-order valence-corrected chi connectivity index (χ1v) is 13.1. The topological polar surface area (TPSA) is 104 Å². The summed E-state index contributed by atoms with van der Waals surface area (Å²) in [4.78, 5) is 33.8. The highest BCUT2D eigenvalue weighted by Crippen LogP contribution is 2.23. The Kier molecular flexibility index (Phi) is 11.8. The maximum Gasteiger partial charge on any atom is 0.373 e. The Labute approximate surface area is 229 Å². The number of nitrogens with zero attached hydrogens (tertiary/aromatic N) is 1. The monoisotopic (exact) mass is 531 g/mol. The fourth-order valence-electron chi connectivity index (χ4n) is 3.71. The predicted molar refractivity (Wildman–Crippen MR) is 145 cm³/mol. The van der Waals surface area contributed by atoms with Crippen molar-refractivity contribution in [3.8, 4) is 28.7 Å². The second kappa shape index (κ2) is 15.8. The zero-order valence-electron chi connectivity index (χ0n) is 22.3. The van der Waals surface area contributed by atoms with Crippen LogP contribution >= 0.6 is 0 Å². The van der Waals surface area contributed by atoms with Gasteiger partial charge in [0.1, 0.15) is 11.5 Å². The van der Waals surface area contributed by atoms with Crippen molar-refractivity contribution in [1.29, 1.82) is 5.26 Å². The van der Waals surface area contributed by atoms with Gasteiger partial charge >= 0.3 is 11.9 Å². The molecule has 39 heavy (non-hydrogen) atoms. The van der Waals surface area contributed by atoms with E-state index in [4.69, 9.17) is 29.2 Å². The van der Waals surface area contributed by atoms with Crippen LogP contribution in [-0.2, 0) is 14.5 Å². The molecule has 0 aliphatic carbocycles. The van der Waals surface area contributed by atoms with Gasteiger partial charge in [0.15, 0.2) is 0 Å². The van der Waals surface area contributed by atoms with Gasteiger partial charge in [-0.25, -0.2) is 9.59 Å². The summed E-state index contributed by atoms with van der Waals surface area (Å²) in [5, 5.41) is 8.93. The number of nitriles is 1. The summed E-state index contributed by atoms with van der Waals surface area (Å²) in [5.41, 5.74) is 3.11. The smallest absolute Gasteiger partial charge is 0.373 e. The second-order valence-electron chi connectivity index (χ2n) is 8.57. The van der Waals surface area contributed by atoms with Gasteiger partial charge in [0.05, 0.1) is 49.2 Å². The molecular weight excluding hydrogens is 498 g/mol. The molecule has 0 aromatic heterocycles. The SMILES string of the molecule is CCOOC(=O)c1cc(OCCCCCCOc2ccc(-c3ccc(C#N)cc3)cc2)cc(C(=O)OCC)c1. The van der Waals surface area contributed by atoms with E-state index in [0.717, 1.165) is 42.6 Å². The lowest BCUT2D eigenvalue weighted by Crippen LogP contribution is -2.11. The zero-order chi connectivity index (χ0) is 27.9. The van der Waals surface area contributed by atoms with Crippen LogP contribution in [0.3, 0.4) is 0 Å². The van der Waals surface area contributed by atoms with Crippen LogP contribution in [0.1, 0.15) is 65.8 Å². The number of esters is 1. The van der Waals surface area contributed by atoms with E-state index in [9.17, 15) is 9.59 Å². The summed E-state index contributed by atoms with van der Waals surface area (Å²) < 4.78 is 16.7. The van der Waals surface area contributed by atoms with Crippen molar-refractivity contribution in [2.45, 2.75) is 39.5 Å². The Morgan fingerprint density at radius 2 is 1.26 bits per heavy atom. The fraction of sp³-hybridized carbons (Fsp3) is 0.323. The minimum absolute atomic E-state index is 0.145. The molecule has 0 heterocycles. The molecule has 0 radical (unpaired) electrons. The Morgan fingerprint density at radius 3 is 1.82 bits per heavy atom. The highest BCUT2D eigenvalue weighted by atomic mass is 17.2. The van der Waals surface area contributed by atoms with Crippen molar-refractivity contribution in [1.82, 2.24) is 0 Å². The third kappa shape index (κ3) is 9.47. The van der Waals surface area contributed by atoms with Crippen molar-refractivity contribution < 1.29 is 33.6 Å². The molecule has 0 saturated heterocycles. The average molecular weight is 532 g/mol. The third-order valence-electron chi connectivity index (χ3n) is 5.68. The average Bonchev–Trinajstić information content (AvgIpc) is 2.97. The molecule has 8 nitrogen and oxygen atoms in total. The molecule has 0 atom stereocenters. The van der Waals surface area contributed by atoms with Gasteiger partial charge in [0, 0.05) is 0 Å². The van der Waals surface area contributed by atoms with E-state index in [0.29, 0.717) is 24.5 Å². The lowest BCUT2D eigenvalue weighted by molar-refractivity contribution is -0.236. The molecule has 0 N–H and O–H groups in total. The second-order valence-corrected chi connectivity index (χ2v) is 8.57. The highest BCUT2D eigenvalue weighted by molar-refractivity contribution is 5.95. The molecule has 0 unspecified atom stereocenters. The van der Waals surface area contributed by atoms with E-state index in [1.165, 1.54) is 12.1 Å². The summed E-state index contributed by atoms with van der Waals surface area (Å²) in [6, 6.07) is 22.0. The summed E-state index contributed by atoms with van der Waals surface area (Å²) in [6.07, 6.45) is 3.63. The molecule has 8 heteroatoms. The lowest BCUT2D eigenvalue weighted by atomic mass is 10.0. The lowest BCUT2D eigenvalue weighted by Gasteiger charge is -2.11. The normalized spacial score (nSPS) is 10.4. The molecule has 204 valence electrons. The number of ether oxygens (including phenoxy) is 3. The standard InChI is InChI=1S/C31H33NO7/c1-3-35-30(33)26-19-27(31(34)39-38-4-2)21-29(20-26)37-18-8-6-5-7-17-36-28-15-13-25(14-16-28)24-11-9-23(22-32)10-12-24/h9-16,19-21H,3-8,17-18H2,1-2H3. The molecule has 0 saturated carbocycles. The summed E-state index contributed by atoms with van der Waals surface area (Å²) >= 11 is 0. The van der Waals surface area contributed by atoms with Crippen molar-refractivity contribution in [3.05, 3.63) is 83.4 Å². The van der Waals surface area contributed by atoms with Crippen molar-refractivity contribution >= 4 is 11.9 Å². The molecule has 0 aliphatic heterocycles. The molecule has 0 amide bonds. The van der Waals surface area contributed by atoms with E-state index in [1.807, 2.05) is 48.5 Å². The Balaban J connectivity index is 1.38. The third-order valence-corrected chi connectivity index (χ3v) is 5.68. The number of hydrogen-bond donors (Lipinski definition) is 0. The van der Waals surface area contributed by atoms with Crippen LogP contribution in [0.2, 0.25) is 0 Å². The number of hydrogen-bond acceptors (Lipinski definition) is 8. The van der Waals surface area contributed by atoms with Gasteiger partial charge < -0.3 is 14.2 Å². The molecule has 3 rings (SSSR count). The molecule has 0 spiro atoms. The molecule has 3 aromatic rings. The van der Waals surface area contributed by atoms with Crippen LogP contribution in [0.25, 0.3) is 11.1 Å². The van der Waals surface area contributed by atoms with Gasteiger partial charge in [-0.15, -0.1) is 0 Å². The summed E-state index contributed by atoms with van der Waals surface area (Å²) in [5.74, 6) is -0.0540. The number of carbonyl (C=O) groups is 2. The van der Waals surface area contributed by atoms with Crippen LogP contribution < -0.4 is 9.47 Å². The Hall–Kier alpha value is -4.35. The van der Waals surface area contributed by atoms with Crippen molar-refractivity contribution in [3.63, 3.8) is 0 Å². The molecule has 0 fully saturated rings. The highest BCUT2D eigenvalue weighted by Gasteiger charge is 2.16. The first-order chi connectivity index (χ1) is 19.0. The number of carbonyl (C=O) groups excluding carboxylic acids is 2. The number of unbranched alkanes of at least 4 members (excludes halogenated alkanes) is 3. The number of rotatable bonds is 15. The minimum Gasteiger partial charge on any atom is -0.494 e. The van der Waals surface area contributed by atoms with Gasteiger partial charge in [-0.1, -0.05) is 24.3 Å². The van der Waals surface area contributed by atoms with E-state index in [2.05, 4.69) is 6.07 Å². The zero-order valence-corrected chi connectivity index (χ0v) is 22.3. The van der Waals surface area contributed by atoms with Crippen LogP contribution in [-0.4, -0.2) is 38.4 Å². The molecule has 0 aliphatic rings. The van der Waals surface area contributed by atoms with Crippen LogP contribution in [0.15, 0.2) is 66.7 Å². The maximum atomic E-state index is 12.2. The Morgan fingerprint density at radius 1 is 0.692 bits per heavy atom. The molecule has 0 bridgehead atoms. The van der Waals surface area contributed by atoms with Gasteiger partial charge in [0.2, 0.25) is 0 Å². The molecular formula is C31H33NO7. The minimum atomic E-state index is -0.711. The van der Waals surface area contributed by atoms with E-state index < -0.39 is 11.9 Å². The van der Waals surface area contributed by atoms with Gasteiger partial charge in [-0.05, 0) is 93.1 Å². The van der Waals surface area contributed by atoms with Gasteiger partial charge in [-0.2, -0.15) is 10.1 Å². The van der Waals surface area contributed by atoms with E-state index in [-0.39, 0.29) is 24.3 Å². The van der Waals surface area contributed by atoms with E-state index in [1.54, 1.807) is 19.9 Å². The van der Waals surface area contributed by atoms with Crippen molar-refractivity contribution in [2.24, 2.45) is 0 Å². The number of benzene rings is 3. The fourth-order valence-corrected chi connectivity index (χ4v) is 3.71. The van der Waals surface area contributed by atoms with Crippen LogP contribution in [0, 0.1) is 11.3 Å². The quantitative estimate of drug-likeness (QED) is 0.0944. The summed E-state index contributed by atoms with van der Waals surface area (Å²) in [7, 11) is 0.